The van der Waals surface area contributed by atoms with Crippen LogP contribution in [0.2, 0.25) is 0 Å². The number of hydrogen-bond donors (Lipinski definition) is 2. The average Bonchev–Trinajstić information content (AvgIpc) is 3.40. The van der Waals surface area contributed by atoms with E-state index in [1.54, 1.807) is 0 Å². The number of aryl methyl sites for hydroxylation is 1. The smallest absolute Gasteiger partial charge is 0.196 e. The summed E-state index contributed by atoms with van der Waals surface area (Å²) in [5, 5.41) is 22.2. The normalized spacial score (nSPS) is 16.1. The van der Waals surface area contributed by atoms with Crippen LogP contribution in [-0.2, 0) is 4.74 Å². The van der Waals surface area contributed by atoms with Gasteiger partial charge in [-0.15, -0.1) is 10.2 Å². The summed E-state index contributed by atoms with van der Waals surface area (Å²) in [4.78, 5) is 9.92. The number of pyridine rings is 1. The Bertz CT molecular complexity index is 1510. The molecule has 1 saturated heterocycles. The molecule has 33 heavy (non-hydrogen) atoms. The lowest BCUT2D eigenvalue weighted by molar-refractivity contribution is 0.122. The molecule has 2 aromatic heterocycles. The zero-order valence-electron chi connectivity index (χ0n) is 18.2. The van der Waals surface area contributed by atoms with Crippen molar-refractivity contribution in [2.45, 2.75) is 6.92 Å². The molecule has 2 aliphatic rings. The van der Waals surface area contributed by atoms with Crippen molar-refractivity contribution >= 4 is 34.2 Å². The number of rotatable bonds is 3. The predicted octanol–water partition coefficient (Wildman–Crippen LogP) is 3.50. The van der Waals surface area contributed by atoms with E-state index in [1.165, 1.54) is 0 Å². The van der Waals surface area contributed by atoms with Gasteiger partial charge in [-0.3, -0.25) is 0 Å². The molecule has 1 fully saturated rings. The molecule has 2 aromatic carbocycles. The van der Waals surface area contributed by atoms with Gasteiger partial charge in [0.1, 0.15) is 11.5 Å². The average molecular weight is 438 g/mol. The maximum atomic E-state index is 10.4. The number of benzene rings is 2. The number of H-pyrrole nitrogens is 1. The lowest BCUT2D eigenvalue weighted by Crippen LogP contribution is -2.36. The summed E-state index contributed by atoms with van der Waals surface area (Å²) in [7, 11) is 0. The van der Waals surface area contributed by atoms with E-state index in [4.69, 9.17) is 4.74 Å². The lowest BCUT2D eigenvalue weighted by atomic mass is 10.1. The maximum absolute atomic E-state index is 10.4. The van der Waals surface area contributed by atoms with Gasteiger partial charge in [0.2, 0.25) is 0 Å². The van der Waals surface area contributed by atoms with E-state index in [1.807, 2.05) is 61.7 Å². The minimum Gasteiger partial charge on any atom is -0.494 e. The van der Waals surface area contributed by atoms with Crippen molar-refractivity contribution in [1.29, 1.82) is 0 Å². The topological polar surface area (TPSA) is 86.1 Å². The first kappa shape index (κ1) is 19.7. The number of aromatic amines is 1. The van der Waals surface area contributed by atoms with Crippen LogP contribution in [0, 0.1) is 6.92 Å². The number of nitrogens with one attached hydrogen (secondary N) is 1. The van der Waals surface area contributed by atoms with Gasteiger partial charge in [-0.25, -0.2) is 4.98 Å². The highest BCUT2D eigenvalue weighted by Gasteiger charge is 2.15. The van der Waals surface area contributed by atoms with Gasteiger partial charge in [-0.05, 0) is 54.6 Å². The van der Waals surface area contributed by atoms with Gasteiger partial charge in [0.05, 0.1) is 18.9 Å². The monoisotopic (exact) mass is 437 g/mol. The van der Waals surface area contributed by atoms with Crippen LogP contribution >= 0.6 is 0 Å². The predicted molar refractivity (Wildman–Crippen MR) is 128 cm³/mol. The first-order chi connectivity index (χ1) is 16.2. The second-order valence-corrected chi connectivity index (χ2v) is 8.41. The highest BCUT2D eigenvalue weighted by atomic mass is 16.5. The summed E-state index contributed by atoms with van der Waals surface area (Å²) in [6, 6.07) is 16.2. The van der Waals surface area contributed by atoms with Gasteiger partial charge in [-0.1, -0.05) is 17.7 Å². The molecule has 0 unspecified atom stereocenters. The van der Waals surface area contributed by atoms with Crippen LogP contribution in [0.5, 0.6) is 5.88 Å². The Hall–Kier alpha value is -3.97. The van der Waals surface area contributed by atoms with Crippen LogP contribution in [0.3, 0.4) is 0 Å². The number of nitrogens with zero attached hydrogens (tertiary/aromatic N) is 4. The molecule has 2 N–H and O–H groups in total. The highest BCUT2D eigenvalue weighted by Crippen LogP contribution is 2.29. The first-order valence-electron chi connectivity index (χ1n) is 11.0. The zero-order chi connectivity index (χ0) is 22.4. The molecule has 0 radical (unpaired) electrons. The molecule has 0 bridgehead atoms. The maximum Gasteiger partial charge on any atom is 0.196 e. The minimum absolute atomic E-state index is 0.163. The number of morpholine rings is 1. The molecular formula is C26H23N5O2. The Labute approximate surface area is 190 Å². The Kier molecular flexibility index (Phi) is 4.69. The Morgan fingerprint density at radius 2 is 1.91 bits per heavy atom. The van der Waals surface area contributed by atoms with Gasteiger partial charge in [0, 0.05) is 46.5 Å². The van der Waals surface area contributed by atoms with Gasteiger partial charge >= 0.3 is 0 Å². The fourth-order valence-electron chi connectivity index (χ4n) is 4.42. The molecule has 2 aliphatic heterocycles. The molecule has 164 valence electrons. The quantitative estimate of drug-likeness (QED) is 0.514. The SMILES string of the molecule is Cc1ccc2[nH]c(O)c(C=c3ccc4c(c3)N=NC=4c3ccc(N4CCOCC4)nc3)c2c1. The number of fused-ring (bicyclic) bond motifs is 2. The molecule has 7 heteroatoms. The van der Waals surface area contributed by atoms with E-state index < -0.39 is 0 Å². The summed E-state index contributed by atoms with van der Waals surface area (Å²) in [6.07, 6.45) is 3.83. The van der Waals surface area contributed by atoms with Gasteiger partial charge < -0.3 is 19.7 Å². The number of hydrogen-bond acceptors (Lipinski definition) is 6. The van der Waals surface area contributed by atoms with Crippen molar-refractivity contribution in [2.75, 3.05) is 31.2 Å². The number of azo groups is 1. The fourth-order valence-corrected chi connectivity index (χ4v) is 4.42. The third kappa shape index (κ3) is 3.56. The van der Waals surface area contributed by atoms with Gasteiger partial charge in [0.15, 0.2) is 5.88 Å². The molecule has 0 saturated carbocycles. The van der Waals surface area contributed by atoms with Crippen LogP contribution in [0.4, 0.5) is 11.5 Å². The third-order valence-corrected chi connectivity index (χ3v) is 6.18. The van der Waals surface area contributed by atoms with E-state index in [0.29, 0.717) is 0 Å². The Morgan fingerprint density at radius 3 is 2.73 bits per heavy atom. The van der Waals surface area contributed by atoms with Crippen molar-refractivity contribution < 1.29 is 9.84 Å². The fraction of sp³-hybridized carbons (Fsp3) is 0.192. The molecule has 4 heterocycles. The highest BCUT2D eigenvalue weighted by molar-refractivity contribution is 5.92. The molecule has 0 atom stereocenters. The molecule has 0 amide bonds. The van der Waals surface area contributed by atoms with E-state index in [-0.39, 0.29) is 5.88 Å². The van der Waals surface area contributed by atoms with Gasteiger partial charge in [-0.2, -0.15) is 0 Å². The largest absolute Gasteiger partial charge is 0.494 e. The van der Waals surface area contributed by atoms with Crippen molar-refractivity contribution in [3.8, 4) is 5.88 Å². The summed E-state index contributed by atoms with van der Waals surface area (Å²) in [5.74, 6) is 1.12. The summed E-state index contributed by atoms with van der Waals surface area (Å²) in [5.41, 5.74) is 5.40. The summed E-state index contributed by atoms with van der Waals surface area (Å²) < 4.78 is 5.42. The number of anilines is 1. The standard InChI is InChI=1S/C26H23N5O2/c1-16-2-6-22-20(12-16)21(26(32)28-22)13-17-3-5-19-23(14-17)29-30-25(19)18-4-7-24(27-15-18)31-8-10-33-11-9-31/h2-7,12-15,28,32H,8-11H2,1H3. The molecule has 7 nitrogen and oxygen atoms in total. The van der Waals surface area contributed by atoms with E-state index >= 15 is 0 Å². The third-order valence-electron chi connectivity index (χ3n) is 6.18. The summed E-state index contributed by atoms with van der Waals surface area (Å²) in [6.45, 7) is 5.23. The molecule has 0 spiro atoms. The van der Waals surface area contributed by atoms with Crippen LogP contribution in [0.15, 0.2) is 65.0 Å². The van der Waals surface area contributed by atoms with Crippen LogP contribution in [-0.4, -0.2) is 41.4 Å². The first-order valence-corrected chi connectivity index (χ1v) is 11.0. The molecule has 0 aliphatic carbocycles. The van der Waals surface area contributed by atoms with Crippen LogP contribution in [0.25, 0.3) is 22.7 Å². The van der Waals surface area contributed by atoms with E-state index in [9.17, 15) is 5.11 Å². The number of aromatic nitrogens is 2. The minimum atomic E-state index is 0.163. The van der Waals surface area contributed by atoms with E-state index in [0.717, 1.165) is 81.5 Å². The van der Waals surface area contributed by atoms with Crippen molar-refractivity contribution in [1.82, 2.24) is 9.97 Å². The Balaban J connectivity index is 1.37. The van der Waals surface area contributed by atoms with Crippen molar-refractivity contribution in [3.05, 3.63) is 81.9 Å². The molecule has 6 rings (SSSR count). The Morgan fingerprint density at radius 1 is 1.03 bits per heavy atom. The zero-order valence-corrected chi connectivity index (χ0v) is 18.2. The van der Waals surface area contributed by atoms with Gasteiger partial charge in [0.25, 0.3) is 0 Å². The lowest BCUT2D eigenvalue weighted by Gasteiger charge is -2.27. The van der Waals surface area contributed by atoms with Crippen molar-refractivity contribution in [3.63, 3.8) is 0 Å². The van der Waals surface area contributed by atoms with Crippen molar-refractivity contribution in [2.24, 2.45) is 10.2 Å². The van der Waals surface area contributed by atoms with Crippen LogP contribution < -0.4 is 15.3 Å². The second kappa shape index (κ2) is 7.86. The molecular weight excluding hydrogens is 414 g/mol. The number of ether oxygens (including phenoxy) is 1. The molecule has 4 aromatic rings. The summed E-state index contributed by atoms with van der Waals surface area (Å²) >= 11 is 0. The van der Waals surface area contributed by atoms with Crippen LogP contribution in [0.1, 0.15) is 16.7 Å². The van der Waals surface area contributed by atoms with E-state index in [2.05, 4.69) is 31.2 Å². The number of aromatic hydroxyl groups is 1. The second-order valence-electron chi connectivity index (χ2n) is 8.41.